The van der Waals surface area contributed by atoms with Crippen LogP contribution in [0.25, 0.3) is 0 Å². The van der Waals surface area contributed by atoms with Crippen molar-refractivity contribution in [2.45, 2.75) is 26.3 Å². The molecule has 1 aliphatic rings. The average Bonchev–Trinajstić information content (AvgIpc) is 3.16. The minimum absolute atomic E-state index is 0.575. The molecule has 2 rings (SSSR count). The lowest BCUT2D eigenvalue weighted by Crippen LogP contribution is -2.38. The third-order valence-corrected chi connectivity index (χ3v) is 4.74. The molecule has 1 heterocycles. The van der Waals surface area contributed by atoms with Crippen molar-refractivity contribution in [3.8, 4) is 5.75 Å². The molecule has 0 spiro atoms. The van der Waals surface area contributed by atoms with Crippen LogP contribution in [0.15, 0.2) is 27.7 Å². The van der Waals surface area contributed by atoms with Gasteiger partial charge in [-0.3, -0.25) is 0 Å². The summed E-state index contributed by atoms with van der Waals surface area (Å²) in [5, 5.41) is 6.63. The summed E-state index contributed by atoms with van der Waals surface area (Å²) in [6, 6.07) is 6.01. The third-order valence-electron chi connectivity index (χ3n) is 4.12. The molecule has 1 unspecified atom stereocenters. The Kier molecular flexibility index (Phi) is 9.81. The van der Waals surface area contributed by atoms with Gasteiger partial charge in [-0.15, -0.1) is 0 Å². The molecule has 0 radical (unpaired) electrons. The molecular formula is C19H30BrN3O3. The maximum atomic E-state index is 5.73. The van der Waals surface area contributed by atoms with Gasteiger partial charge in [0.2, 0.25) is 0 Å². The average molecular weight is 428 g/mol. The molecule has 1 aliphatic heterocycles. The molecule has 6 nitrogen and oxygen atoms in total. The second kappa shape index (κ2) is 12.1. The van der Waals surface area contributed by atoms with E-state index in [1.165, 1.54) is 0 Å². The third kappa shape index (κ3) is 7.51. The van der Waals surface area contributed by atoms with Crippen molar-refractivity contribution in [3.05, 3.63) is 28.2 Å². The monoisotopic (exact) mass is 427 g/mol. The minimum Gasteiger partial charge on any atom is -0.496 e. The Bertz CT molecular complexity index is 563. The number of hydrogen-bond donors (Lipinski definition) is 2. The molecule has 0 amide bonds. The summed E-state index contributed by atoms with van der Waals surface area (Å²) in [7, 11) is 1.66. The van der Waals surface area contributed by atoms with E-state index in [1.807, 2.05) is 18.2 Å². The Morgan fingerprint density at radius 1 is 1.38 bits per heavy atom. The van der Waals surface area contributed by atoms with Gasteiger partial charge in [-0.2, -0.15) is 0 Å². The van der Waals surface area contributed by atoms with Gasteiger partial charge in [0.05, 0.1) is 31.3 Å². The zero-order valence-corrected chi connectivity index (χ0v) is 17.3. The first-order valence-corrected chi connectivity index (χ1v) is 10.0. The Hall–Kier alpha value is -1.31. The molecule has 146 valence electrons. The lowest BCUT2D eigenvalue weighted by Gasteiger charge is -2.12. The fourth-order valence-corrected chi connectivity index (χ4v) is 3.25. The van der Waals surface area contributed by atoms with Gasteiger partial charge in [0, 0.05) is 32.2 Å². The summed E-state index contributed by atoms with van der Waals surface area (Å²) in [4.78, 5) is 4.64. The van der Waals surface area contributed by atoms with E-state index in [4.69, 9.17) is 14.2 Å². The van der Waals surface area contributed by atoms with Crippen LogP contribution in [0.1, 0.15) is 25.3 Å². The second-order valence-corrected chi connectivity index (χ2v) is 7.10. The van der Waals surface area contributed by atoms with Gasteiger partial charge >= 0.3 is 0 Å². The van der Waals surface area contributed by atoms with Crippen LogP contribution in [0.3, 0.4) is 0 Å². The molecule has 1 atom stereocenters. The molecule has 1 saturated heterocycles. The predicted octanol–water partition coefficient (Wildman–Crippen LogP) is 2.96. The minimum atomic E-state index is 0.575. The topological polar surface area (TPSA) is 64.1 Å². The molecule has 0 bridgehead atoms. The van der Waals surface area contributed by atoms with Crippen molar-refractivity contribution in [2.75, 3.05) is 46.6 Å². The number of halogens is 1. The van der Waals surface area contributed by atoms with E-state index in [-0.39, 0.29) is 0 Å². The van der Waals surface area contributed by atoms with Gasteiger partial charge in [-0.25, -0.2) is 4.99 Å². The van der Waals surface area contributed by atoms with E-state index >= 15 is 0 Å². The van der Waals surface area contributed by atoms with E-state index in [0.29, 0.717) is 12.5 Å². The van der Waals surface area contributed by atoms with Gasteiger partial charge in [0.1, 0.15) is 5.75 Å². The van der Waals surface area contributed by atoms with Crippen LogP contribution in [-0.4, -0.2) is 52.6 Å². The number of benzene rings is 1. The molecule has 1 aromatic rings. The quantitative estimate of drug-likeness (QED) is 0.341. The highest BCUT2D eigenvalue weighted by Crippen LogP contribution is 2.25. The van der Waals surface area contributed by atoms with Crippen LogP contribution < -0.4 is 15.4 Å². The molecule has 26 heavy (non-hydrogen) atoms. The first kappa shape index (κ1) is 21.0. The summed E-state index contributed by atoms with van der Waals surface area (Å²) in [5.41, 5.74) is 1.12. The summed E-state index contributed by atoms with van der Waals surface area (Å²) >= 11 is 3.51. The number of aliphatic imine (C=N–C) groups is 1. The molecule has 0 aromatic heterocycles. The second-order valence-electron chi connectivity index (χ2n) is 6.25. The largest absolute Gasteiger partial charge is 0.496 e. The van der Waals surface area contributed by atoms with Crippen molar-refractivity contribution < 1.29 is 14.2 Å². The number of methoxy groups -OCH3 is 1. The normalized spacial score (nSPS) is 17.3. The number of ether oxygens (including phenoxy) is 3. The van der Waals surface area contributed by atoms with E-state index < -0.39 is 0 Å². The van der Waals surface area contributed by atoms with Crippen molar-refractivity contribution in [1.82, 2.24) is 10.6 Å². The summed E-state index contributed by atoms with van der Waals surface area (Å²) in [6.45, 7) is 7.62. The lowest BCUT2D eigenvalue weighted by atomic mass is 10.1. The SMILES string of the molecule is CCNC(=NCc1ccc(OC)c(Br)c1)NCCCOCC1CCOC1. The number of rotatable bonds is 10. The highest BCUT2D eigenvalue weighted by atomic mass is 79.9. The van der Waals surface area contributed by atoms with Crippen molar-refractivity contribution in [2.24, 2.45) is 10.9 Å². The fraction of sp³-hybridized carbons (Fsp3) is 0.632. The molecular weight excluding hydrogens is 398 g/mol. The Morgan fingerprint density at radius 2 is 2.27 bits per heavy atom. The van der Waals surface area contributed by atoms with Crippen LogP contribution in [0.4, 0.5) is 0 Å². The van der Waals surface area contributed by atoms with E-state index in [1.54, 1.807) is 7.11 Å². The molecule has 1 aromatic carbocycles. The zero-order chi connectivity index (χ0) is 18.6. The first-order chi connectivity index (χ1) is 12.7. The Morgan fingerprint density at radius 3 is 2.96 bits per heavy atom. The van der Waals surface area contributed by atoms with Gasteiger partial charge in [-0.1, -0.05) is 6.07 Å². The van der Waals surface area contributed by atoms with Crippen molar-refractivity contribution in [1.29, 1.82) is 0 Å². The molecule has 0 saturated carbocycles. The van der Waals surface area contributed by atoms with E-state index in [2.05, 4.69) is 38.5 Å². The zero-order valence-electron chi connectivity index (χ0n) is 15.7. The molecule has 7 heteroatoms. The van der Waals surface area contributed by atoms with Gasteiger partial charge in [-0.05, 0) is 53.4 Å². The van der Waals surface area contributed by atoms with Crippen LogP contribution in [0.2, 0.25) is 0 Å². The number of hydrogen-bond acceptors (Lipinski definition) is 4. The van der Waals surface area contributed by atoms with Crippen molar-refractivity contribution in [3.63, 3.8) is 0 Å². The first-order valence-electron chi connectivity index (χ1n) is 9.23. The maximum absolute atomic E-state index is 5.73. The fourth-order valence-electron chi connectivity index (χ4n) is 2.67. The Balaban J connectivity index is 1.69. The number of guanidine groups is 1. The van der Waals surface area contributed by atoms with Gasteiger partial charge in [0.25, 0.3) is 0 Å². The molecule has 2 N–H and O–H groups in total. The molecule has 1 fully saturated rings. The van der Waals surface area contributed by atoms with E-state index in [9.17, 15) is 0 Å². The standard InChI is InChI=1S/C19H30BrN3O3/c1-3-21-19(22-8-4-9-25-13-16-7-10-26-14-16)23-12-15-5-6-18(24-2)17(20)11-15/h5-6,11,16H,3-4,7-10,12-14H2,1-2H3,(H2,21,22,23). The van der Waals surface area contributed by atoms with Crippen LogP contribution in [0, 0.1) is 5.92 Å². The van der Waals surface area contributed by atoms with E-state index in [0.717, 1.165) is 74.1 Å². The predicted molar refractivity (Wildman–Crippen MR) is 108 cm³/mol. The van der Waals surface area contributed by atoms with Gasteiger partial charge in [0.15, 0.2) is 5.96 Å². The smallest absolute Gasteiger partial charge is 0.191 e. The maximum Gasteiger partial charge on any atom is 0.191 e. The summed E-state index contributed by atoms with van der Waals surface area (Å²) in [5.74, 6) is 2.22. The van der Waals surface area contributed by atoms with Gasteiger partial charge < -0.3 is 24.8 Å². The van der Waals surface area contributed by atoms with Crippen LogP contribution in [-0.2, 0) is 16.0 Å². The molecule has 0 aliphatic carbocycles. The van der Waals surface area contributed by atoms with Crippen molar-refractivity contribution >= 4 is 21.9 Å². The highest BCUT2D eigenvalue weighted by Gasteiger charge is 2.15. The number of nitrogens with zero attached hydrogens (tertiary/aromatic N) is 1. The lowest BCUT2D eigenvalue weighted by molar-refractivity contribution is 0.0888. The summed E-state index contributed by atoms with van der Waals surface area (Å²) < 4.78 is 17.3. The summed E-state index contributed by atoms with van der Waals surface area (Å²) in [6.07, 6.45) is 2.07. The highest BCUT2D eigenvalue weighted by molar-refractivity contribution is 9.10. The number of nitrogens with one attached hydrogen (secondary N) is 2. The van der Waals surface area contributed by atoms with Crippen LogP contribution in [0.5, 0.6) is 5.75 Å². The Labute approximate surface area is 164 Å². The van der Waals surface area contributed by atoms with Crippen LogP contribution >= 0.6 is 15.9 Å².